The van der Waals surface area contributed by atoms with Gasteiger partial charge in [-0.1, -0.05) is 23.9 Å². The van der Waals surface area contributed by atoms with Crippen LogP contribution in [0.5, 0.6) is 11.5 Å². The predicted molar refractivity (Wildman–Crippen MR) is 111 cm³/mol. The summed E-state index contributed by atoms with van der Waals surface area (Å²) in [6.07, 6.45) is 1.30. The second kappa shape index (κ2) is 8.38. The summed E-state index contributed by atoms with van der Waals surface area (Å²) in [4.78, 5) is 16.4. The maximum absolute atomic E-state index is 11.9. The standard InChI is InChI=1S/C16H11Br2N3O3S2/c17-9-5-8(14(23)13(18)15(9)24)6-19-21-12(22)7-25-16-20-10-3-1-2-4-11(10)26-16/h1-6,23-24H,7H2,(H,21,22)/b19-6+. The van der Waals surface area contributed by atoms with Crippen LogP contribution < -0.4 is 5.43 Å². The number of thioether (sulfide) groups is 1. The molecule has 0 aliphatic carbocycles. The summed E-state index contributed by atoms with van der Waals surface area (Å²) in [7, 11) is 0. The second-order valence-corrected chi connectivity index (χ2v) is 8.89. The van der Waals surface area contributed by atoms with Gasteiger partial charge in [0.15, 0.2) is 4.34 Å². The van der Waals surface area contributed by atoms with Crippen molar-refractivity contribution in [3.8, 4) is 11.5 Å². The fourth-order valence-electron chi connectivity index (χ4n) is 1.96. The number of rotatable bonds is 5. The number of hydrogen-bond acceptors (Lipinski definition) is 7. The molecule has 3 aromatic rings. The molecule has 10 heteroatoms. The summed E-state index contributed by atoms with van der Waals surface area (Å²) in [5.41, 5.74) is 3.65. The fourth-order valence-corrected chi connectivity index (χ4v) is 4.98. The van der Waals surface area contributed by atoms with Gasteiger partial charge >= 0.3 is 0 Å². The molecule has 0 aliphatic rings. The number of fused-ring (bicyclic) bond motifs is 1. The lowest BCUT2D eigenvalue weighted by Gasteiger charge is -2.06. The van der Waals surface area contributed by atoms with Crippen molar-refractivity contribution in [1.29, 1.82) is 0 Å². The number of benzene rings is 2. The Kier molecular flexibility index (Phi) is 6.17. The van der Waals surface area contributed by atoms with E-state index in [2.05, 4.69) is 47.4 Å². The summed E-state index contributed by atoms with van der Waals surface area (Å²) >= 11 is 9.11. The molecule has 3 N–H and O–H groups in total. The molecule has 0 unspecified atom stereocenters. The highest BCUT2D eigenvalue weighted by Crippen LogP contribution is 2.40. The van der Waals surface area contributed by atoms with Crippen LogP contribution in [0.3, 0.4) is 0 Å². The number of carbonyl (C=O) groups excluding carboxylic acids is 1. The lowest BCUT2D eigenvalue weighted by Crippen LogP contribution is -2.19. The van der Waals surface area contributed by atoms with Crippen LogP contribution in [-0.4, -0.2) is 33.1 Å². The summed E-state index contributed by atoms with van der Waals surface area (Å²) < 4.78 is 2.43. The number of aromatic hydroxyl groups is 2. The Morgan fingerprint density at radius 1 is 1.31 bits per heavy atom. The van der Waals surface area contributed by atoms with Crippen molar-refractivity contribution in [1.82, 2.24) is 10.4 Å². The van der Waals surface area contributed by atoms with Gasteiger partial charge in [0.2, 0.25) is 0 Å². The fraction of sp³-hybridized carbons (Fsp3) is 0.0625. The molecule has 6 nitrogen and oxygen atoms in total. The largest absolute Gasteiger partial charge is 0.506 e. The van der Waals surface area contributed by atoms with Gasteiger partial charge in [0, 0.05) is 5.56 Å². The number of phenolic OH excluding ortho intramolecular Hbond substituents is 2. The third-order valence-corrected chi connectivity index (χ3v) is 6.73. The van der Waals surface area contributed by atoms with E-state index < -0.39 is 0 Å². The number of nitrogens with zero attached hydrogens (tertiary/aromatic N) is 2. The van der Waals surface area contributed by atoms with Crippen LogP contribution in [0.25, 0.3) is 10.2 Å². The van der Waals surface area contributed by atoms with Crippen molar-refractivity contribution in [2.24, 2.45) is 5.10 Å². The Morgan fingerprint density at radius 3 is 2.85 bits per heavy atom. The van der Waals surface area contributed by atoms with Gasteiger partial charge in [-0.05, 0) is 50.1 Å². The third kappa shape index (κ3) is 4.37. The van der Waals surface area contributed by atoms with E-state index in [0.29, 0.717) is 10.0 Å². The molecule has 0 bridgehead atoms. The van der Waals surface area contributed by atoms with Crippen LogP contribution in [0.4, 0.5) is 0 Å². The molecule has 0 fully saturated rings. The quantitative estimate of drug-likeness (QED) is 0.264. The summed E-state index contributed by atoms with van der Waals surface area (Å²) in [5, 5.41) is 23.5. The number of hydrazone groups is 1. The Bertz CT molecular complexity index is 975. The van der Waals surface area contributed by atoms with Gasteiger partial charge in [0.1, 0.15) is 16.0 Å². The summed E-state index contributed by atoms with van der Waals surface area (Å²) in [6, 6.07) is 9.28. The van der Waals surface area contributed by atoms with Crippen molar-refractivity contribution in [3.05, 3.63) is 44.8 Å². The molecule has 0 atom stereocenters. The molecule has 1 heterocycles. The first kappa shape index (κ1) is 19.2. The lowest BCUT2D eigenvalue weighted by molar-refractivity contribution is -0.118. The first-order chi connectivity index (χ1) is 12.5. The Balaban J connectivity index is 1.58. The number of para-hydroxylation sites is 1. The molecule has 0 saturated carbocycles. The topological polar surface area (TPSA) is 94.8 Å². The van der Waals surface area contributed by atoms with Crippen LogP contribution >= 0.6 is 55.0 Å². The smallest absolute Gasteiger partial charge is 0.250 e. The van der Waals surface area contributed by atoms with Crippen molar-refractivity contribution in [2.45, 2.75) is 4.34 Å². The van der Waals surface area contributed by atoms with E-state index >= 15 is 0 Å². The van der Waals surface area contributed by atoms with E-state index in [-0.39, 0.29) is 27.6 Å². The van der Waals surface area contributed by atoms with E-state index in [1.165, 1.54) is 35.4 Å². The predicted octanol–water partition coefficient (Wildman–Crippen LogP) is 4.47. The molecule has 0 spiro atoms. The van der Waals surface area contributed by atoms with Crippen molar-refractivity contribution in [3.63, 3.8) is 0 Å². The molecule has 3 rings (SSSR count). The average Bonchev–Trinajstić information content (AvgIpc) is 3.05. The number of halogens is 2. The number of nitrogens with one attached hydrogen (secondary N) is 1. The van der Waals surface area contributed by atoms with Crippen LogP contribution in [0.15, 0.2) is 48.7 Å². The zero-order chi connectivity index (χ0) is 18.7. The van der Waals surface area contributed by atoms with Crippen molar-refractivity contribution >= 4 is 77.3 Å². The van der Waals surface area contributed by atoms with Crippen molar-refractivity contribution in [2.75, 3.05) is 5.75 Å². The molecule has 1 aromatic heterocycles. The van der Waals surface area contributed by atoms with E-state index in [4.69, 9.17) is 0 Å². The van der Waals surface area contributed by atoms with E-state index in [1.807, 2.05) is 24.3 Å². The summed E-state index contributed by atoms with van der Waals surface area (Å²) in [6.45, 7) is 0. The molecular formula is C16H11Br2N3O3S2. The minimum Gasteiger partial charge on any atom is -0.506 e. The Morgan fingerprint density at radius 2 is 2.08 bits per heavy atom. The maximum atomic E-state index is 11.9. The minimum atomic E-state index is -0.290. The SMILES string of the molecule is O=C(CSc1nc2ccccc2s1)N/N=C/c1cc(Br)c(O)c(Br)c1O. The third-order valence-electron chi connectivity index (χ3n) is 3.19. The van der Waals surface area contributed by atoms with E-state index in [1.54, 1.807) is 0 Å². The molecule has 0 aliphatic heterocycles. The number of carbonyl (C=O) groups is 1. The molecule has 134 valence electrons. The molecule has 2 aromatic carbocycles. The Hall–Kier alpha value is -1.62. The number of thiazole rings is 1. The average molecular weight is 517 g/mol. The first-order valence-electron chi connectivity index (χ1n) is 7.16. The minimum absolute atomic E-state index is 0.115. The normalized spacial score (nSPS) is 11.3. The van der Waals surface area contributed by atoms with Crippen LogP contribution in [0, 0.1) is 0 Å². The maximum Gasteiger partial charge on any atom is 0.250 e. The van der Waals surface area contributed by atoms with Crippen molar-refractivity contribution < 1.29 is 15.0 Å². The van der Waals surface area contributed by atoms with Gasteiger partial charge in [-0.2, -0.15) is 5.10 Å². The monoisotopic (exact) mass is 515 g/mol. The Labute approximate surface area is 173 Å². The first-order valence-corrected chi connectivity index (χ1v) is 10.5. The highest BCUT2D eigenvalue weighted by Gasteiger charge is 2.13. The van der Waals surface area contributed by atoms with Crippen LogP contribution in [-0.2, 0) is 4.79 Å². The van der Waals surface area contributed by atoms with Gasteiger partial charge in [0.25, 0.3) is 5.91 Å². The highest BCUT2D eigenvalue weighted by molar-refractivity contribution is 9.11. The van der Waals surface area contributed by atoms with Crippen LogP contribution in [0.1, 0.15) is 5.56 Å². The number of amides is 1. The van der Waals surface area contributed by atoms with E-state index in [9.17, 15) is 15.0 Å². The molecule has 0 saturated heterocycles. The van der Waals surface area contributed by atoms with E-state index in [0.717, 1.165) is 14.6 Å². The molecule has 26 heavy (non-hydrogen) atoms. The molecule has 1 amide bonds. The lowest BCUT2D eigenvalue weighted by atomic mass is 10.2. The number of phenols is 2. The zero-order valence-electron chi connectivity index (χ0n) is 12.9. The van der Waals surface area contributed by atoms with Gasteiger partial charge < -0.3 is 10.2 Å². The van der Waals surface area contributed by atoms with Gasteiger partial charge in [0.05, 0.1) is 26.7 Å². The van der Waals surface area contributed by atoms with Crippen LogP contribution in [0.2, 0.25) is 0 Å². The molecular weight excluding hydrogens is 506 g/mol. The number of aromatic nitrogens is 1. The summed E-state index contributed by atoms with van der Waals surface area (Å²) in [5.74, 6) is -0.406. The number of hydrogen-bond donors (Lipinski definition) is 3. The highest BCUT2D eigenvalue weighted by atomic mass is 79.9. The van der Waals surface area contributed by atoms with Gasteiger partial charge in [-0.3, -0.25) is 4.79 Å². The van der Waals surface area contributed by atoms with Gasteiger partial charge in [-0.25, -0.2) is 10.4 Å². The van der Waals surface area contributed by atoms with Gasteiger partial charge in [-0.15, -0.1) is 11.3 Å². The molecule has 0 radical (unpaired) electrons. The zero-order valence-corrected chi connectivity index (χ0v) is 17.7. The second-order valence-electron chi connectivity index (χ2n) is 4.99.